The lowest BCUT2D eigenvalue weighted by Gasteiger charge is -2.18. The van der Waals surface area contributed by atoms with E-state index in [1.807, 2.05) is 40.0 Å². The van der Waals surface area contributed by atoms with Gasteiger partial charge in [-0.2, -0.15) is 0 Å². The first-order chi connectivity index (χ1) is 12.5. The largest absolute Gasteiger partial charge is 0.490 e. The molecule has 0 saturated heterocycles. The number of rotatable bonds is 9. The maximum Gasteiger partial charge on any atom is 0.252 e. The SMILES string of the molecule is CCOc1cc(C(=O)NC(C)c2csc(C)n2)cc(OCC)c1OCC. The third-order valence-electron chi connectivity index (χ3n) is 3.60. The second kappa shape index (κ2) is 9.43. The Kier molecular flexibility index (Phi) is 7.26. The summed E-state index contributed by atoms with van der Waals surface area (Å²) in [5, 5.41) is 5.89. The van der Waals surface area contributed by atoms with Gasteiger partial charge in [0.2, 0.25) is 5.75 Å². The monoisotopic (exact) mass is 378 g/mol. The molecule has 0 bridgehead atoms. The average molecular weight is 378 g/mol. The molecule has 1 aromatic heterocycles. The maximum absolute atomic E-state index is 12.7. The Morgan fingerprint density at radius 1 is 1.12 bits per heavy atom. The number of ether oxygens (including phenoxy) is 3. The van der Waals surface area contributed by atoms with Crippen molar-refractivity contribution in [3.63, 3.8) is 0 Å². The van der Waals surface area contributed by atoms with Gasteiger partial charge in [-0.05, 0) is 46.8 Å². The summed E-state index contributed by atoms with van der Waals surface area (Å²) >= 11 is 1.56. The Morgan fingerprint density at radius 3 is 2.15 bits per heavy atom. The molecule has 0 aliphatic rings. The quantitative estimate of drug-likeness (QED) is 0.710. The normalized spacial score (nSPS) is 11.7. The number of nitrogens with one attached hydrogen (secondary N) is 1. The molecule has 1 heterocycles. The minimum absolute atomic E-state index is 0.190. The van der Waals surface area contributed by atoms with Crippen molar-refractivity contribution in [2.75, 3.05) is 19.8 Å². The summed E-state index contributed by atoms with van der Waals surface area (Å²) in [5.74, 6) is 1.31. The smallest absolute Gasteiger partial charge is 0.252 e. The van der Waals surface area contributed by atoms with Crippen LogP contribution in [0.4, 0.5) is 0 Å². The lowest BCUT2D eigenvalue weighted by atomic mass is 10.1. The number of thiazole rings is 1. The predicted molar refractivity (Wildman–Crippen MR) is 103 cm³/mol. The topological polar surface area (TPSA) is 69.7 Å². The fraction of sp³-hybridized carbons (Fsp3) is 0.474. The van der Waals surface area contributed by atoms with Crippen LogP contribution in [0.25, 0.3) is 0 Å². The molecule has 0 saturated carbocycles. The molecule has 26 heavy (non-hydrogen) atoms. The van der Waals surface area contributed by atoms with Gasteiger partial charge < -0.3 is 19.5 Å². The second-order valence-corrected chi connectivity index (χ2v) is 6.65. The van der Waals surface area contributed by atoms with E-state index in [0.29, 0.717) is 42.6 Å². The molecular formula is C19H26N2O4S. The van der Waals surface area contributed by atoms with Crippen molar-refractivity contribution in [1.82, 2.24) is 10.3 Å². The molecule has 142 valence electrons. The summed E-state index contributed by atoms with van der Waals surface area (Å²) in [7, 11) is 0. The van der Waals surface area contributed by atoms with E-state index in [9.17, 15) is 4.79 Å². The number of aryl methyl sites for hydroxylation is 1. The Labute approximate surface area is 158 Å². The number of benzene rings is 1. The Balaban J connectivity index is 2.30. The van der Waals surface area contributed by atoms with Crippen LogP contribution >= 0.6 is 11.3 Å². The zero-order valence-corrected chi connectivity index (χ0v) is 16.7. The molecule has 2 rings (SSSR count). The molecule has 1 amide bonds. The highest BCUT2D eigenvalue weighted by Crippen LogP contribution is 2.39. The Hall–Kier alpha value is -2.28. The Morgan fingerprint density at radius 2 is 1.69 bits per heavy atom. The number of aromatic nitrogens is 1. The summed E-state index contributed by atoms with van der Waals surface area (Å²) in [4.78, 5) is 17.2. The van der Waals surface area contributed by atoms with Gasteiger partial charge in [0.15, 0.2) is 11.5 Å². The maximum atomic E-state index is 12.7. The third-order valence-corrected chi connectivity index (χ3v) is 4.39. The number of hydrogen-bond acceptors (Lipinski definition) is 6. The van der Waals surface area contributed by atoms with Crippen LogP contribution in [0.15, 0.2) is 17.5 Å². The van der Waals surface area contributed by atoms with E-state index in [0.717, 1.165) is 10.7 Å². The standard InChI is InChI=1S/C19H26N2O4S/c1-6-23-16-9-14(10-17(24-7-2)18(16)25-8-3)19(22)20-12(4)15-11-26-13(5)21-15/h9-12H,6-8H2,1-5H3,(H,20,22). The van der Waals surface area contributed by atoms with Gasteiger partial charge in [0.1, 0.15) is 0 Å². The predicted octanol–water partition coefficient (Wildman–Crippen LogP) is 4.14. The minimum Gasteiger partial charge on any atom is -0.490 e. The molecule has 1 N–H and O–H groups in total. The van der Waals surface area contributed by atoms with E-state index in [-0.39, 0.29) is 11.9 Å². The number of nitrogens with zero attached hydrogens (tertiary/aromatic N) is 1. The zero-order chi connectivity index (χ0) is 19.1. The van der Waals surface area contributed by atoms with Crippen molar-refractivity contribution < 1.29 is 19.0 Å². The molecule has 1 unspecified atom stereocenters. The van der Waals surface area contributed by atoms with Crippen molar-refractivity contribution >= 4 is 17.2 Å². The molecule has 0 aliphatic carbocycles. The van der Waals surface area contributed by atoms with Gasteiger partial charge >= 0.3 is 0 Å². The van der Waals surface area contributed by atoms with E-state index in [1.54, 1.807) is 23.5 Å². The van der Waals surface area contributed by atoms with E-state index < -0.39 is 0 Å². The first kappa shape index (κ1) is 20.0. The van der Waals surface area contributed by atoms with E-state index in [2.05, 4.69) is 10.3 Å². The fourth-order valence-corrected chi connectivity index (χ4v) is 3.16. The molecule has 0 spiro atoms. The molecule has 1 atom stereocenters. The molecule has 2 aromatic rings. The third kappa shape index (κ3) is 4.88. The van der Waals surface area contributed by atoms with Crippen LogP contribution in [0, 0.1) is 6.92 Å². The number of hydrogen-bond donors (Lipinski definition) is 1. The number of carbonyl (C=O) groups is 1. The molecule has 6 nitrogen and oxygen atoms in total. The first-order valence-corrected chi connectivity index (χ1v) is 9.67. The Bertz CT molecular complexity index is 718. The van der Waals surface area contributed by atoms with Crippen molar-refractivity contribution in [2.24, 2.45) is 0 Å². The molecule has 0 aliphatic heterocycles. The average Bonchev–Trinajstić information content (AvgIpc) is 3.04. The van der Waals surface area contributed by atoms with Crippen LogP contribution < -0.4 is 19.5 Å². The van der Waals surface area contributed by atoms with Crippen molar-refractivity contribution in [1.29, 1.82) is 0 Å². The summed E-state index contributed by atoms with van der Waals surface area (Å²) in [6, 6.07) is 3.18. The van der Waals surface area contributed by atoms with Gasteiger partial charge in [-0.25, -0.2) is 4.98 Å². The zero-order valence-electron chi connectivity index (χ0n) is 15.9. The van der Waals surface area contributed by atoms with Gasteiger partial charge in [-0.15, -0.1) is 11.3 Å². The van der Waals surface area contributed by atoms with Crippen LogP contribution in [0.2, 0.25) is 0 Å². The van der Waals surface area contributed by atoms with Gasteiger partial charge in [0.25, 0.3) is 5.91 Å². The lowest BCUT2D eigenvalue weighted by Crippen LogP contribution is -2.27. The molecule has 7 heteroatoms. The molecule has 1 aromatic carbocycles. The number of carbonyl (C=O) groups excluding carboxylic acids is 1. The van der Waals surface area contributed by atoms with E-state index >= 15 is 0 Å². The van der Waals surface area contributed by atoms with Gasteiger partial charge in [-0.1, -0.05) is 0 Å². The minimum atomic E-state index is -0.215. The van der Waals surface area contributed by atoms with Gasteiger partial charge in [-0.3, -0.25) is 4.79 Å². The van der Waals surface area contributed by atoms with Crippen LogP contribution in [0.5, 0.6) is 17.2 Å². The lowest BCUT2D eigenvalue weighted by molar-refractivity contribution is 0.0938. The van der Waals surface area contributed by atoms with Crippen molar-refractivity contribution in [3.8, 4) is 17.2 Å². The summed E-state index contributed by atoms with van der Waals surface area (Å²) in [6.45, 7) is 10.9. The van der Waals surface area contributed by atoms with Crippen LogP contribution in [-0.2, 0) is 0 Å². The molecule has 0 fully saturated rings. The molecular weight excluding hydrogens is 352 g/mol. The highest BCUT2D eigenvalue weighted by molar-refractivity contribution is 7.09. The fourth-order valence-electron chi connectivity index (χ4n) is 2.45. The second-order valence-electron chi connectivity index (χ2n) is 5.59. The summed E-state index contributed by atoms with van der Waals surface area (Å²) < 4.78 is 17.0. The van der Waals surface area contributed by atoms with Crippen molar-refractivity contribution in [3.05, 3.63) is 33.8 Å². The van der Waals surface area contributed by atoms with Gasteiger partial charge in [0, 0.05) is 10.9 Å². The van der Waals surface area contributed by atoms with Crippen LogP contribution in [-0.4, -0.2) is 30.7 Å². The molecule has 0 radical (unpaired) electrons. The first-order valence-electron chi connectivity index (χ1n) is 8.79. The highest BCUT2D eigenvalue weighted by Gasteiger charge is 2.20. The van der Waals surface area contributed by atoms with E-state index in [1.165, 1.54) is 0 Å². The van der Waals surface area contributed by atoms with Crippen LogP contribution in [0.1, 0.15) is 54.8 Å². The van der Waals surface area contributed by atoms with Crippen LogP contribution in [0.3, 0.4) is 0 Å². The highest BCUT2D eigenvalue weighted by atomic mass is 32.1. The number of amides is 1. The van der Waals surface area contributed by atoms with Gasteiger partial charge in [0.05, 0.1) is 36.6 Å². The van der Waals surface area contributed by atoms with Crippen molar-refractivity contribution in [2.45, 2.75) is 40.7 Å². The summed E-state index contributed by atoms with van der Waals surface area (Å²) in [6.07, 6.45) is 0. The van der Waals surface area contributed by atoms with E-state index in [4.69, 9.17) is 14.2 Å². The summed E-state index contributed by atoms with van der Waals surface area (Å²) in [5.41, 5.74) is 1.31.